The van der Waals surface area contributed by atoms with Crippen molar-refractivity contribution in [2.24, 2.45) is 0 Å². The van der Waals surface area contributed by atoms with Crippen LogP contribution in [0.15, 0.2) is 18.2 Å². The number of hydrogen-bond acceptors (Lipinski definition) is 4. The summed E-state index contributed by atoms with van der Waals surface area (Å²) in [6, 6.07) is 6.32. The SMILES string of the molecule is COc1cccc(C2CCNCC2)c1OC1CCSC1. The number of ether oxygens (including phenoxy) is 2. The summed E-state index contributed by atoms with van der Waals surface area (Å²) in [5.74, 6) is 4.79. The van der Waals surface area contributed by atoms with Crippen LogP contribution in [0.3, 0.4) is 0 Å². The fraction of sp³-hybridized carbons (Fsp3) is 0.625. The highest BCUT2D eigenvalue weighted by molar-refractivity contribution is 7.99. The van der Waals surface area contributed by atoms with Gasteiger partial charge in [-0.2, -0.15) is 11.8 Å². The van der Waals surface area contributed by atoms with E-state index in [0.717, 1.165) is 36.8 Å². The fourth-order valence-corrected chi connectivity index (χ4v) is 4.14. The second-order valence-electron chi connectivity index (χ2n) is 5.51. The van der Waals surface area contributed by atoms with Gasteiger partial charge in [0.15, 0.2) is 11.5 Å². The number of thioether (sulfide) groups is 1. The van der Waals surface area contributed by atoms with Gasteiger partial charge in [0.05, 0.1) is 7.11 Å². The van der Waals surface area contributed by atoms with Crippen LogP contribution in [0.25, 0.3) is 0 Å². The van der Waals surface area contributed by atoms with Gasteiger partial charge in [0.2, 0.25) is 0 Å². The summed E-state index contributed by atoms with van der Waals surface area (Å²) in [6.07, 6.45) is 3.86. The molecule has 110 valence electrons. The number of rotatable bonds is 4. The van der Waals surface area contributed by atoms with Crippen molar-refractivity contribution in [2.75, 3.05) is 31.7 Å². The highest BCUT2D eigenvalue weighted by Gasteiger charge is 2.25. The first-order chi connectivity index (χ1) is 9.88. The van der Waals surface area contributed by atoms with Crippen LogP contribution in [0, 0.1) is 0 Å². The van der Waals surface area contributed by atoms with Gasteiger partial charge in [0.1, 0.15) is 6.10 Å². The third-order valence-corrected chi connectivity index (χ3v) is 5.31. The van der Waals surface area contributed by atoms with Crippen molar-refractivity contribution < 1.29 is 9.47 Å². The molecule has 3 nitrogen and oxygen atoms in total. The second kappa shape index (κ2) is 6.72. The molecule has 0 saturated carbocycles. The van der Waals surface area contributed by atoms with Crippen molar-refractivity contribution in [3.8, 4) is 11.5 Å². The summed E-state index contributed by atoms with van der Waals surface area (Å²) in [7, 11) is 1.73. The summed E-state index contributed by atoms with van der Waals surface area (Å²) in [5.41, 5.74) is 1.34. The molecule has 3 rings (SSSR count). The second-order valence-corrected chi connectivity index (χ2v) is 6.66. The Labute approximate surface area is 125 Å². The van der Waals surface area contributed by atoms with Gasteiger partial charge in [0, 0.05) is 11.3 Å². The van der Waals surface area contributed by atoms with E-state index >= 15 is 0 Å². The van der Waals surface area contributed by atoms with Crippen LogP contribution in [0.4, 0.5) is 0 Å². The van der Waals surface area contributed by atoms with Gasteiger partial charge in [-0.1, -0.05) is 12.1 Å². The Bertz CT molecular complexity index is 440. The Hall–Kier alpha value is -0.870. The molecule has 2 fully saturated rings. The Morgan fingerprint density at radius 1 is 1.20 bits per heavy atom. The average molecular weight is 293 g/mol. The van der Waals surface area contributed by atoms with Crippen LogP contribution in [-0.2, 0) is 0 Å². The Morgan fingerprint density at radius 2 is 2.05 bits per heavy atom. The zero-order valence-electron chi connectivity index (χ0n) is 12.1. The molecule has 0 aromatic heterocycles. The molecule has 1 atom stereocenters. The molecule has 2 aliphatic heterocycles. The minimum Gasteiger partial charge on any atom is -0.493 e. The molecule has 1 aromatic rings. The van der Waals surface area contributed by atoms with Crippen LogP contribution in [0.2, 0.25) is 0 Å². The zero-order valence-corrected chi connectivity index (χ0v) is 12.9. The van der Waals surface area contributed by atoms with Gasteiger partial charge >= 0.3 is 0 Å². The molecule has 1 N–H and O–H groups in total. The van der Waals surface area contributed by atoms with Gasteiger partial charge in [-0.05, 0) is 50.1 Å². The highest BCUT2D eigenvalue weighted by atomic mass is 32.2. The summed E-state index contributed by atoms with van der Waals surface area (Å²) < 4.78 is 11.9. The predicted octanol–water partition coefficient (Wildman–Crippen LogP) is 3.05. The molecule has 4 heteroatoms. The molecule has 0 amide bonds. The number of methoxy groups -OCH3 is 1. The fourth-order valence-electron chi connectivity index (χ4n) is 3.05. The Kier molecular flexibility index (Phi) is 4.73. The van der Waals surface area contributed by atoms with Crippen molar-refractivity contribution in [3.05, 3.63) is 23.8 Å². The van der Waals surface area contributed by atoms with E-state index in [1.807, 2.05) is 17.8 Å². The van der Waals surface area contributed by atoms with E-state index in [9.17, 15) is 0 Å². The summed E-state index contributed by atoms with van der Waals surface area (Å²) in [6.45, 7) is 2.20. The summed E-state index contributed by atoms with van der Waals surface area (Å²) >= 11 is 1.98. The van der Waals surface area contributed by atoms with Gasteiger partial charge in [-0.25, -0.2) is 0 Å². The van der Waals surface area contributed by atoms with E-state index in [4.69, 9.17) is 9.47 Å². The van der Waals surface area contributed by atoms with Gasteiger partial charge < -0.3 is 14.8 Å². The first-order valence-corrected chi connectivity index (χ1v) is 8.66. The lowest BCUT2D eigenvalue weighted by atomic mass is 9.89. The molecule has 1 unspecified atom stereocenters. The maximum Gasteiger partial charge on any atom is 0.165 e. The predicted molar refractivity (Wildman–Crippen MR) is 84.2 cm³/mol. The zero-order chi connectivity index (χ0) is 13.8. The number of nitrogens with one attached hydrogen (secondary N) is 1. The Balaban J connectivity index is 1.86. The maximum absolute atomic E-state index is 6.32. The van der Waals surface area contributed by atoms with E-state index in [0.29, 0.717) is 12.0 Å². The van der Waals surface area contributed by atoms with Crippen LogP contribution < -0.4 is 14.8 Å². The molecule has 2 saturated heterocycles. The molecule has 20 heavy (non-hydrogen) atoms. The van der Waals surface area contributed by atoms with Crippen molar-refractivity contribution in [2.45, 2.75) is 31.3 Å². The first-order valence-electron chi connectivity index (χ1n) is 7.50. The molecule has 1 aromatic carbocycles. The third kappa shape index (κ3) is 3.07. The van der Waals surface area contributed by atoms with Gasteiger partial charge in [-0.3, -0.25) is 0 Å². The summed E-state index contributed by atoms with van der Waals surface area (Å²) in [5, 5.41) is 3.43. The first kappa shape index (κ1) is 14.1. The van der Waals surface area contributed by atoms with E-state index in [2.05, 4.69) is 17.4 Å². The largest absolute Gasteiger partial charge is 0.493 e. The normalized spacial score (nSPS) is 23.8. The highest BCUT2D eigenvalue weighted by Crippen LogP contribution is 2.40. The lowest BCUT2D eigenvalue weighted by Gasteiger charge is -2.27. The van der Waals surface area contributed by atoms with Crippen LogP contribution >= 0.6 is 11.8 Å². The molecular formula is C16H23NO2S. The van der Waals surface area contributed by atoms with Crippen molar-refractivity contribution >= 4 is 11.8 Å². The van der Waals surface area contributed by atoms with Crippen LogP contribution in [0.5, 0.6) is 11.5 Å². The molecule has 2 aliphatic rings. The van der Waals surface area contributed by atoms with Gasteiger partial charge in [-0.15, -0.1) is 0 Å². The van der Waals surface area contributed by atoms with E-state index in [1.165, 1.54) is 24.2 Å². The minimum atomic E-state index is 0.344. The van der Waals surface area contributed by atoms with Gasteiger partial charge in [0.25, 0.3) is 0 Å². The standard InChI is InChI=1S/C16H23NO2S/c1-18-15-4-2-3-14(12-5-8-17-9-6-12)16(15)19-13-7-10-20-11-13/h2-4,12-13,17H,5-11H2,1H3. The molecule has 0 aliphatic carbocycles. The quantitative estimate of drug-likeness (QED) is 0.924. The number of para-hydroxylation sites is 1. The number of hydrogen-bond donors (Lipinski definition) is 1. The Morgan fingerprint density at radius 3 is 2.75 bits per heavy atom. The van der Waals surface area contributed by atoms with E-state index < -0.39 is 0 Å². The van der Waals surface area contributed by atoms with Crippen molar-refractivity contribution in [1.82, 2.24) is 5.32 Å². The lowest BCUT2D eigenvalue weighted by Crippen LogP contribution is -2.27. The maximum atomic E-state index is 6.32. The molecule has 2 heterocycles. The molecule has 0 bridgehead atoms. The molecule has 0 spiro atoms. The third-order valence-electron chi connectivity index (χ3n) is 4.18. The summed E-state index contributed by atoms with van der Waals surface area (Å²) in [4.78, 5) is 0. The monoisotopic (exact) mass is 293 g/mol. The smallest absolute Gasteiger partial charge is 0.165 e. The minimum absolute atomic E-state index is 0.344. The average Bonchev–Trinajstić information content (AvgIpc) is 3.01. The lowest BCUT2D eigenvalue weighted by molar-refractivity contribution is 0.214. The topological polar surface area (TPSA) is 30.5 Å². The van der Waals surface area contributed by atoms with Crippen LogP contribution in [0.1, 0.15) is 30.7 Å². The molecule has 0 radical (unpaired) electrons. The number of piperidine rings is 1. The van der Waals surface area contributed by atoms with Crippen molar-refractivity contribution in [3.63, 3.8) is 0 Å². The van der Waals surface area contributed by atoms with E-state index in [-0.39, 0.29) is 0 Å². The van der Waals surface area contributed by atoms with Crippen molar-refractivity contribution in [1.29, 1.82) is 0 Å². The van der Waals surface area contributed by atoms with Crippen LogP contribution in [-0.4, -0.2) is 37.8 Å². The molecular weight excluding hydrogens is 270 g/mol. The van der Waals surface area contributed by atoms with E-state index in [1.54, 1.807) is 7.11 Å². The number of benzene rings is 1.